The molecule has 3 rings (SSSR count). The number of para-hydroxylation sites is 1. The lowest BCUT2D eigenvalue weighted by Crippen LogP contribution is -2.12. The van der Waals surface area contributed by atoms with E-state index in [9.17, 15) is 4.79 Å². The highest BCUT2D eigenvalue weighted by molar-refractivity contribution is 7.09. The van der Waals surface area contributed by atoms with E-state index in [1.165, 1.54) is 6.20 Å². The number of rotatable bonds is 5. The Balaban J connectivity index is 1.73. The smallest absolute Gasteiger partial charge is 0.207 e. The van der Waals surface area contributed by atoms with E-state index in [4.69, 9.17) is 11.6 Å². The summed E-state index contributed by atoms with van der Waals surface area (Å²) in [6.07, 6.45) is 3.20. The van der Waals surface area contributed by atoms with Crippen LogP contribution in [0.25, 0.3) is 10.9 Å². The molecule has 0 N–H and O–H groups in total. The Kier molecular flexibility index (Phi) is 4.31. The Morgan fingerprint density at radius 1 is 1.29 bits per heavy atom. The third-order valence-electron chi connectivity index (χ3n) is 3.26. The first kappa shape index (κ1) is 14.2. The Morgan fingerprint density at radius 3 is 2.95 bits per heavy atom. The molecule has 0 unspecified atom stereocenters. The fraction of sp³-hybridized carbons (Fsp3) is 0.267. The van der Waals surface area contributed by atoms with Crippen molar-refractivity contribution in [2.45, 2.75) is 25.3 Å². The summed E-state index contributed by atoms with van der Waals surface area (Å²) >= 11 is 7.39. The summed E-state index contributed by atoms with van der Waals surface area (Å²) in [7, 11) is 0. The maximum Gasteiger partial charge on any atom is 0.207 e. The van der Waals surface area contributed by atoms with E-state index in [-0.39, 0.29) is 5.43 Å². The van der Waals surface area contributed by atoms with Gasteiger partial charge in [-0.15, -0.1) is 22.9 Å². The second kappa shape index (κ2) is 6.37. The Bertz CT molecular complexity index is 812. The van der Waals surface area contributed by atoms with Gasteiger partial charge in [-0.1, -0.05) is 12.1 Å². The Morgan fingerprint density at radius 2 is 2.14 bits per heavy atom. The molecule has 0 spiro atoms. The molecular formula is C15H14ClN3OS. The number of halogens is 1. The monoisotopic (exact) mass is 319 g/mol. The van der Waals surface area contributed by atoms with Crippen molar-refractivity contribution in [3.05, 3.63) is 56.8 Å². The van der Waals surface area contributed by atoms with Crippen molar-refractivity contribution in [3.8, 4) is 0 Å². The highest BCUT2D eigenvalue weighted by atomic mass is 35.5. The maximum absolute atomic E-state index is 11.8. The fourth-order valence-electron chi connectivity index (χ4n) is 2.24. The summed E-state index contributed by atoms with van der Waals surface area (Å²) in [4.78, 5) is 16.2. The van der Waals surface area contributed by atoms with Gasteiger partial charge in [0.05, 0.1) is 28.3 Å². The lowest BCUT2D eigenvalue weighted by atomic mass is 10.2. The van der Waals surface area contributed by atoms with Crippen molar-refractivity contribution in [3.63, 3.8) is 0 Å². The summed E-state index contributed by atoms with van der Waals surface area (Å²) in [5, 5.41) is 8.03. The van der Waals surface area contributed by atoms with Crippen molar-refractivity contribution in [1.29, 1.82) is 0 Å². The van der Waals surface area contributed by atoms with Gasteiger partial charge in [0.1, 0.15) is 0 Å². The van der Waals surface area contributed by atoms with Gasteiger partial charge in [-0.2, -0.15) is 5.10 Å². The molecular weight excluding hydrogens is 306 g/mol. The van der Waals surface area contributed by atoms with Crippen LogP contribution in [-0.2, 0) is 18.8 Å². The van der Waals surface area contributed by atoms with Gasteiger partial charge in [0.15, 0.2) is 0 Å². The van der Waals surface area contributed by atoms with Crippen LogP contribution in [0.2, 0.25) is 0 Å². The second-order valence-electron chi connectivity index (χ2n) is 4.72. The molecule has 4 nitrogen and oxygen atoms in total. The van der Waals surface area contributed by atoms with Crippen molar-refractivity contribution < 1.29 is 0 Å². The number of benzene rings is 1. The van der Waals surface area contributed by atoms with E-state index >= 15 is 0 Å². The van der Waals surface area contributed by atoms with Crippen LogP contribution < -0.4 is 5.43 Å². The second-order valence-corrected chi connectivity index (χ2v) is 5.93. The van der Waals surface area contributed by atoms with Gasteiger partial charge in [-0.05, 0) is 18.6 Å². The van der Waals surface area contributed by atoms with Crippen molar-refractivity contribution in [1.82, 2.24) is 14.8 Å². The molecule has 108 valence electrons. The third-order valence-corrected chi connectivity index (χ3v) is 4.49. The molecule has 0 fully saturated rings. The standard InChI is InChI=1S/C15H14ClN3OS/c16-8-11-10-21-15(18-11)6-3-7-19-13-5-2-1-4-12(13)14(20)9-17-19/h1-2,4-5,9-10H,3,6-8H2. The SMILES string of the molecule is O=c1cnn(CCCc2nc(CCl)cs2)c2ccccc12. The van der Waals surface area contributed by atoms with E-state index in [1.807, 2.05) is 34.3 Å². The first-order valence-electron chi connectivity index (χ1n) is 6.72. The van der Waals surface area contributed by atoms with Gasteiger partial charge in [0, 0.05) is 23.7 Å². The number of thiazole rings is 1. The molecule has 2 aromatic heterocycles. The van der Waals surface area contributed by atoms with E-state index in [1.54, 1.807) is 11.3 Å². The zero-order valence-corrected chi connectivity index (χ0v) is 12.9. The van der Waals surface area contributed by atoms with Crippen LogP contribution in [-0.4, -0.2) is 14.8 Å². The molecule has 0 saturated carbocycles. The molecule has 3 aromatic rings. The Hall–Kier alpha value is -1.72. The normalized spacial score (nSPS) is 11.1. The minimum absolute atomic E-state index is 0.0338. The molecule has 0 bridgehead atoms. The van der Waals surface area contributed by atoms with Crippen LogP contribution in [0.5, 0.6) is 0 Å². The van der Waals surface area contributed by atoms with Crippen LogP contribution in [0, 0.1) is 0 Å². The third kappa shape index (κ3) is 3.14. The molecule has 1 aromatic carbocycles. The van der Waals surface area contributed by atoms with Crippen molar-refractivity contribution in [2.24, 2.45) is 0 Å². The quantitative estimate of drug-likeness (QED) is 0.678. The number of hydrogen-bond donors (Lipinski definition) is 0. The lowest BCUT2D eigenvalue weighted by Gasteiger charge is -2.08. The molecule has 6 heteroatoms. The average molecular weight is 320 g/mol. The Labute approximate surface area is 131 Å². The van der Waals surface area contributed by atoms with Gasteiger partial charge in [-0.3, -0.25) is 9.48 Å². The van der Waals surface area contributed by atoms with Crippen molar-refractivity contribution in [2.75, 3.05) is 0 Å². The van der Waals surface area contributed by atoms with Crippen LogP contribution in [0.3, 0.4) is 0 Å². The molecule has 0 aliphatic heterocycles. The van der Waals surface area contributed by atoms with Gasteiger partial charge < -0.3 is 0 Å². The van der Waals surface area contributed by atoms with E-state index in [0.29, 0.717) is 11.3 Å². The fourth-order valence-corrected chi connectivity index (χ4v) is 3.31. The topological polar surface area (TPSA) is 47.8 Å². The average Bonchev–Trinajstić information content (AvgIpc) is 2.98. The number of hydrogen-bond acceptors (Lipinski definition) is 4. The van der Waals surface area contributed by atoms with E-state index in [0.717, 1.165) is 35.6 Å². The molecule has 0 saturated heterocycles. The molecule has 0 radical (unpaired) electrons. The van der Waals surface area contributed by atoms with Gasteiger partial charge in [0.25, 0.3) is 0 Å². The van der Waals surface area contributed by atoms with Crippen LogP contribution in [0.1, 0.15) is 17.1 Å². The minimum atomic E-state index is -0.0338. The van der Waals surface area contributed by atoms with Crippen LogP contribution in [0.15, 0.2) is 40.6 Å². The predicted molar refractivity (Wildman–Crippen MR) is 86.0 cm³/mol. The lowest BCUT2D eigenvalue weighted by molar-refractivity contribution is 0.585. The number of nitrogens with zero attached hydrogens (tertiary/aromatic N) is 3. The number of alkyl halides is 1. The van der Waals surface area contributed by atoms with Gasteiger partial charge in [-0.25, -0.2) is 4.98 Å². The van der Waals surface area contributed by atoms with Crippen molar-refractivity contribution >= 4 is 33.8 Å². The van der Waals surface area contributed by atoms with Gasteiger partial charge >= 0.3 is 0 Å². The largest absolute Gasteiger partial charge is 0.287 e. The van der Waals surface area contributed by atoms with E-state index in [2.05, 4.69) is 10.1 Å². The molecule has 0 atom stereocenters. The summed E-state index contributed by atoms with van der Waals surface area (Å²) in [5.41, 5.74) is 1.78. The number of aromatic nitrogens is 3. The summed E-state index contributed by atoms with van der Waals surface area (Å²) < 4.78 is 1.88. The number of fused-ring (bicyclic) bond motifs is 1. The zero-order valence-electron chi connectivity index (χ0n) is 11.3. The highest BCUT2D eigenvalue weighted by Gasteiger charge is 2.05. The zero-order chi connectivity index (χ0) is 14.7. The van der Waals surface area contributed by atoms with E-state index < -0.39 is 0 Å². The maximum atomic E-state index is 11.8. The summed E-state index contributed by atoms with van der Waals surface area (Å²) in [6.45, 7) is 0.760. The van der Waals surface area contributed by atoms with Crippen LogP contribution in [0.4, 0.5) is 0 Å². The number of aryl methyl sites for hydroxylation is 2. The molecule has 2 heterocycles. The molecule has 21 heavy (non-hydrogen) atoms. The molecule has 0 aliphatic rings. The molecule has 0 aliphatic carbocycles. The first-order valence-corrected chi connectivity index (χ1v) is 8.13. The minimum Gasteiger partial charge on any atom is -0.287 e. The van der Waals surface area contributed by atoms with Crippen LogP contribution >= 0.6 is 22.9 Å². The summed E-state index contributed by atoms with van der Waals surface area (Å²) in [5.74, 6) is 0.461. The predicted octanol–water partition coefficient (Wildman–Crippen LogP) is 3.22. The van der Waals surface area contributed by atoms with Gasteiger partial charge in [0.2, 0.25) is 5.43 Å². The first-order chi connectivity index (χ1) is 10.3. The molecule has 0 amide bonds. The summed E-state index contributed by atoms with van der Waals surface area (Å²) in [6, 6.07) is 7.56. The highest BCUT2D eigenvalue weighted by Crippen LogP contribution is 2.14.